The zero-order chi connectivity index (χ0) is 20.7. The predicted molar refractivity (Wildman–Crippen MR) is 117 cm³/mol. The Bertz CT molecular complexity index is 1020. The number of hydrogen-bond acceptors (Lipinski definition) is 5. The molecule has 0 bridgehead atoms. The van der Waals surface area contributed by atoms with E-state index in [4.69, 9.17) is 21.1 Å². The zero-order valence-corrected chi connectivity index (χ0v) is 17.8. The Balaban J connectivity index is 1.48. The number of esters is 1. The molecule has 2 aromatic rings. The summed E-state index contributed by atoms with van der Waals surface area (Å²) in [7, 11) is 0. The second kappa shape index (κ2) is 7.62. The summed E-state index contributed by atoms with van der Waals surface area (Å²) in [5.41, 5.74) is 6.09. The molecule has 3 aliphatic rings. The van der Waals surface area contributed by atoms with Crippen molar-refractivity contribution >= 4 is 29.3 Å². The molecule has 0 spiro atoms. The molecule has 30 heavy (non-hydrogen) atoms. The number of benzene rings is 2. The van der Waals surface area contributed by atoms with E-state index in [0.29, 0.717) is 16.6 Å². The lowest BCUT2D eigenvalue weighted by Crippen LogP contribution is -2.41. The van der Waals surface area contributed by atoms with Crippen molar-refractivity contribution in [3.8, 4) is 0 Å². The van der Waals surface area contributed by atoms with Gasteiger partial charge in [0.25, 0.3) is 11.6 Å². The number of carbonyl (C=O) groups excluding carboxylic acids is 1. The SMILES string of the molecule is CCOC(=O)C1(c2cccc(Cl)c2)CN=C(Nc2c3c(cc4c2CCC4)CCC3)O1. The van der Waals surface area contributed by atoms with E-state index in [1.54, 1.807) is 19.1 Å². The lowest BCUT2D eigenvalue weighted by Gasteiger charge is -2.27. The molecule has 1 unspecified atom stereocenters. The minimum absolute atomic E-state index is 0.158. The fourth-order valence-corrected chi connectivity index (χ4v) is 5.10. The number of halogens is 1. The third-order valence-electron chi connectivity index (χ3n) is 6.32. The first-order chi connectivity index (χ1) is 14.6. The van der Waals surface area contributed by atoms with Crippen LogP contribution in [-0.4, -0.2) is 25.1 Å². The minimum atomic E-state index is -1.32. The first-order valence-electron chi connectivity index (χ1n) is 10.7. The molecule has 1 N–H and O–H groups in total. The molecule has 156 valence electrons. The second-order valence-corrected chi connectivity index (χ2v) is 8.58. The lowest BCUT2D eigenvalue weighted by molar-refractivity contribution is -0.161. The van der Waals surface area contributed by atoms with Gasteiger partial charge in [-0.3, -0.25) is 0 Å². The first kappa shape index (κ1) is 19.4. The van der Waals surface area contributed by atoms with E-state index in [1.807, 2.05) is 12.1 Å². The number of ether oxygens (including phenoxy) is 2. The normalized spacial score (nSPS) is 21.6. The minimum Gasteiger partial charge on any atom is -0.463 e. The van der Waals surface area contributed by atoms with Crippen LogP contribution in [0.4, 0.5) is 5.69 Å². The van der Waals surface area contributed by atoms with Crippen LogP contribution in [0, 0.1) is 0 Å². The van der Waals surface area contributed by atoms with Crippen molar-refractivity contribution in [3.63, 3.8) is 0 Å². The highest BCUT2D eigenvalue weighted by molar-refractivity contribution is 6.30. The van der Waals surface area contributed by atoms with Crippen molar-refractivity contribution in [2.45, 2.75) is 51.0 Å². The quantitative estimate of drug-likeness (QED) is 0.730. The fourth-order valence-electron chi connectivity index (χ4n) is 4.91. The van der Waals surface area contributed by atoms with E-state index in [2.05, 4.69) is 16.4 Å². The van der Waals surface area contributed by atoms with Crippen molar-refractivity contribution in [2.75, 3.05) is 18.5 Å². The summed E-state index contributed by atoms with van der Waals surface area (Å²) < 4.78 is 11.6. The van der Waals surface area contributed by atoms with Gasteiger partial charge >= 0.3 is 5.97 Å². The summed E-state index contributed by atoms with van der Waals surface area (Å²) >= 11 is 6.20. The third kappa shape index (κ3) is 3.16. The highest BCUT2D eigenvalue weighted by Gasteiger charge is 2.49. The van der Waals surface area contributed by atoms with Gasteiger partial charge in [0, 0.05) is 16.3 Å². The molecule has 0 saturated carbocycles. The number of carbonyl (C=O) groups is 1. The maximum absolute atomic E-state index is 13.0. The van der Waals surface area contributed by atoms with Gasteiger partial charge in [-0.25, -0.2) is 9.79 Å². The summed E-state index contributed by atoms with van der Waals surface area (Å²) in [4.78, 5) is 17.5. The van der Waals surface area contributed by atoms with E-state index >= 15 is 0 Å². The maximum atomic E-state index is 13.0. The van der Waals surface area contributed by atoms with E-state index < -0.39 is 11.6 Å². The van der Waals surface area contributed by atoms with Crippen LogP contribution < -0.4 is 5.32 Å². The molecule has 0 radical (unpaired) electrons. The van der Waals surface area contributed by atoms with Gasteiger partial charge < -0.3 is 14.8 Å². The molecule has 0 fully saturated rings. The van der Waals surface area contributed by atoms with Crippen LogP contribution in [-0.2, 0) is 45.6 Å². The van der Waals surface area contributed by atoms with Crippen LogP contribution >= 0.6 is 11.6 Å². The Kier molecular flexibility index (Phi) is 4.94. The molecular formula is C24H25ClN2O3. The predicted octanol–water partition coefficient (Wildman–Crippen LogP) is 4.57. The van der Waals surface area contributed by atoms with Crippen LogP contribution in [0.1, 0.15) is 47.6 Å². The number of nitrogens with one attached hydrogen (secondary N) is 1. The van der Waals surface area contributed by atoms with Gasteiger partial charge in [0.1, 0.15) is 0 Å². The van der Waals surface area contributed by atoms with Crippen LogP contribution in [0.3, 0.4) is 0 Å². The highest BCUT2D eigenvalue weighted by Crippen LogP contribution is 2.40. The van der Waals surface area contributed by atoms with E-state index in [0.717, 1.165) is 31.4 Å². The Morgan fingerprint density at radius 1 is 1.17 bits per heavy atom. The van der Waals surface area contributed by atoms with Gasteiger partial charge in [-0.05, 0) is 79.8 Å². The molecule has 1 aliphatic heterocycles. The zero-order valence-electron chi connectivity index (χ0n) is 17.1. The average molecular weight is 425 g/mol. The standard InChI is InChI=1S/C24H25ClN2O3/c1-2-29-22(28)24(17-8-5-9-18(25)13-17)14-26-23(30-24)27-21-19-10-3-6-15(19)12-16-7-4-11-20(16)21/h5,8-9,12-13H,2-4,6-7,10-11,14H2,1H3,(H,26,27). The number of amidine groups is 1. The smallest absolute Gasteiger partial charge is 0.357 e. The number of nitrogens with zero attached hydrogens (tertiary/aromatic N) is 1. The van der Waals surface area contributed by atoms with Crippen molar-refractivity contribution in [1.82, 2.24) is 0 Å². The van der Waals surface area contributed by atoms with Crippen LogP contribution in [0.15, 0.2) is 35.3 Å². The fraction of sp³-hybridized carbons (Fsp3) is 0.417. The maximum Gasteiger partial charge on any atom is 0.357 e. The Morgan fingerprint density at radius 3 is 2.57 bits per heavy atom. The number of rotatable bonds is 4. The second-order valence-electron chi connectivity index (χ2n) is 8.14. The Hall–Kier alpha value is -2.53. The number of anilines is 1. The van der Waals surface area contributed by atoms with Crippen LogP contribution in [0.2, 0.25) is 5.02 Å². The molecule has 1 atom stereocenters. The summed E-state index contributed by atoms with van der Waals surface area (Å²) in [5.74, 6) is -0.448. The number of hydrogen-bond donors (Lipinski definition) is 1. The summed E-state index contributed by atoms with van der Waals surface area (Å²) in [6.45, 7) is 2.22. The summed E-state index contributed by atoms with van der Waals surface area (Å²) in [5, 5.41) is 4.01. The Morgan fingerprint density at radius 2 is 1.90 bits per heavy atom. The van der Waals surface area contributed by atoms with Crippen molar-refractivity contribution in [2.24, 2.45) is 4.99 Å². The van der Waals surface area contributed by atoms with Crippen LogP contribution in [0.25, 0.3) is 0 Å². The van der Waals surface area contributed by atoms with Gasteiger partial charge in [0.2, 0.25) is 0 Å². The summed E-state index contributed by atoms with van der Waals surface area (Å²) in [6, 6.07) is 9.92. The van der Waals surface area contributed by atoms with Gasteiger partial charge in [-0.2, -0.15) is 0 Å². The summed E-state index contributed by atoms with van der Waals surface area (Å²) in [6.07, 6.45) is 6.73. The molecule has 0 saturated heterocycles. The molecule has 1 heterocycles. The molecule has 2 aromatic carbocycles. The molecule has 5 nitrogen and oxygen atoms in total. The van der Waals surface area contributed by atoms with Gasteiger partial charge in [-0.15, -0.1) is 0 Å². The monoisotopic (exact) mass is 424 g/mol. The van der Waals surface area contributed by atoms with Gasteiger partial charge in [-0.1, -0.05) is 29.8 Å². The van der Waals surface area contributed by atoms with Crippen molar-refractivity contribution in [1.29, 1.82) is 0 Å². The Labute approximate surface area is 181 Å². The van der Waals surface area contributed by atoms with E-state index in [1.165, 1.54) is 35.1 Å². The molecular weight excluding hydrogens is 400 g/mol. The van der Waals surface area contributed by atoms with Gasteiger partial charge in [0.05, 0.1) is 13.2 Å². The number of aryl methyl sites for hydroxylation is 2. The number of fused-ring (bicyclic) bond motifs is 2. The van der Waals surface area contributed by atoms with E-state index in [-0.39, 0.29) is 13.2 Å². The van der Waals surface area contributed by atoms with Gasteiger partial charge in [0.15, 0.2) is 0 Å². The molecule has 0 aromatic heterocycles. The average Bonchev–Trinajstić information content (AvgIpc) is 3.47. The molecule has 6 heteroatoms. The van der Waals surface area contributed by atoms with Crippen molar-refractivity contribution < 1.29 is 14.3 Å². The molecule has 5 rings (SSSR count). The lowest BCUT2D eigenvalue weighted by atomic mass is 9.94. The third-order valence-corrected chi connectivity index (χ3v) is 6.55. The largest absolute Gasteiger partial charge is 0.463 e. The number of aliphatic imine (C=N–C) groups is 1. The molecule has 2 aliphatic carbocycles. The highest BCUT2D eigenvalue weighted by atomic mass is 35.5. The molecule has 0 amide bonds. The first-order valence-corrected chi connectivity index (χ1v) is 11.1. The van der Waals surface area contributed by atoms with E-state index in [9.17, 15) is 4.79 Å². The van der Waals surface area contributed by atoms with Crippen LogP contribution in [0.5, 0.6) is 0 Å². The van der Waals surface area contributed by atoms with Crippen molar-refractivity contribution in [3.05, 3.63) is 63.2 Å². The topological polar surface area (TPSA) is 59.9 Å².